The molecule has 0 N–H and O–H groups in total. The lowest BCUT2D eigenvalue weighted by atomic mass is 9.99. The molecule has 12 heteroatoms. The summed E-state index contributed by atoms with van der Waals surface area (Å²) in [6.45, 7) is 10.4. The average Bonchev–Trinajstić information content (AvgIpc) is 3.84. The predicted molar refractivity (Wildman–Crippen MR) is 264 cm³/mol. The van der Waals surface area contributed by atoms with Gasteiger partial charge < -0.3 is 18.9 Å². The largest absolute Gasteiger partial charge is 0.493 e. The van der Waals surface area contributed by atoms with E-state index in [4.69, 9.17) is 52.1 Å². The van der Waals surface area contributed by atoms with E-state index in [1.54, 1.807) is 14.2 Å². The van der Waals surface area contributed by atoms with Gasteiger partial charge >= 0.3 is 0 Å². The van der Waals surface area contributed by atoms with Crippen molar-refractivity contribution in [2.45, 2.75) is 96.5 Å². The van der Waals surface area contributed by atoms with Gasteiger partial charge in [-0.05, 0) is 141 Å². The molecule has 3 fully saturated rings. The summed E-state index contributed by atoms with van der Waals surface area (Å²) in [4.78, 5) is 14.8. The fourth-order valence-corrected chi connectivity index (χ4v) is 10.4. The van der Waals surface area contributed by atoms with E-state index >= 15 is 0 Å². The van der Waals surface area contributed by atoms with E-state index < -0.39 is 0 Å². The third kappa shape index (κ3) is 10.5. The molecule has 0 unspecified atom stereocenters. The number of piperidine rings is 2. The van der Waals surface area contributed by atoms with Gasteiger partial charge in [-0.1, -0.05) is 49.2 Å². The minimum atomic E-state index is 0.194. The van der Waals surface area contributed by atoms with Crippen molar-refractivity contribution in [3.05, 3.63) is 118 Å². The van der Waals surface area contributed by atoms with Gasteiger partial charge in [-0.3, -0.25) is 29.8 Å². The van der Waals surface area contributed by atoms with E-state index in [0.29, 0.717) is 22.6 Å². The number of anilines is 2. The Labute approximate surface area is 394 Å². The van der Waals surface area contributed by atoms with Gasteiger partial charge in [0.15, 0.2) is 23.0 Å². The number of aromatic nitrogens is 2. The van der Waals surface area contributed by atoms with E-state index in [1.807, 2.05) is 42.7 Å². The number of ether oxygens (including phenoxy) is 4. The van der Waals surface area contributed by atoms with Crippen LogP contribution in [0.15, 0.2) is 97.3 Å². The van der Waals surface area contributed by atoms with Crippen molar-refractivity contribution < 1.29 is 18.9 Å². The molecule has 2 aromatic heterocycles. The minimum absolute atomic E-state index is 0.194. The third-order valence-electron chi connectivity index (χ3n) is 13.3. The molecule has 4 heterocycles. The van der Waals surface area contributed by atoms with E-state index in [1.165, 1.54) is 24.0 Å². The molecule has 9 rings (SSSR count). The molecule has 0 radical (unpaired) electrons. The highest BCUT2D eigenvalue weighted by Crippen LogP contribution is 2.41. The molecule has 4 aromatic carbocycles. The van der Waals surface area contributed by atoms with Crippen molar-refractivity contribution in [1.82, 2.24) is 19.8 Å². The maximum absolute atomic E-state index is 6.61. The third-order valence-corrected chi connectivity index (χ3v) is 13.8. The van der Waals surface area contributed by atoms with Crippen LogP contribution in [-0.2, 0) is 13.1 Å². The molecular formula is C53H62Cl2N6O4. The van der Waals surface area contributed by atoms with Crippen LogP contribution in [0.2, 0.25) is 10.0 Å². The number of hydrazine groups is 1. The summed E-state index contributed by atoms with van der Waals surface area (Å²) >= 11 is 13.2. The summed E-state index contributed by atoms with van der Waals surface area (Å²) in [5.41, 5.74) is 6.48. The summed E-state index contributed by atoms with van der Waals surface area (Å²) in [5, 5.41) is 8.75. The minimum Gasteiger partial charge on any atom is -0.493 e. The Morgan fingerprint density at radius 3 is 1.54 bits per heavy atom. The van der Waals surface area contributed by atoms with Gasteiger partial charge in [-0.25, -0.2) is 0 Å². The molecule has 65 heavy (non-hydrogen) atoms. The van der Waals surface area contributed by atoms with E-state index in [9.17, 15) is 0 Å². The van der Waals surface area contributed by atoms with Crippen LogP contribution in [-0.4, -0.2) is 85.0 Å². The number of fused-ring (bicyclic) bond motifs is 2. The average molecular weight is 918 g/mol. The molecule has 1 aliphatic carbocycles. The van der Waals surface area contributed by atoms with Crippen LogP contribution in [0.3, 0.4) is 0 Å². The molecule has 0 amide bonds. The van der Waals surface area contributed by atoms with Gasteiger partial charge in [-0.2, -0.15) is 0 Å². The van der Waals surface area contributed by atoms with Crippen molar-refractivity contribution in [1.29, 1.82) is 0 Å². The standard InChI is InChI=1S/C53H62Cl2N6O4/c1-36(2)35-64-52-29-37(9-15-50(52)62-3)33-58-25-19-41(20-26-58)60(48-17-23-56-46-31-39(54)11-13-44(46)48)61(49-18-24-57-47-32-40(55)12-14-45(47)49)42-21-27-59(28-22-42)34-38-10-16-51(63-4)53(30-38)65-43-7-5-6-8-43/h9-18,23-24,29-32,36,41-43H,5-8,19-22,25-28,33-35H2,1-4H3. The number of halogens is 2. The van der Waals surface area contributed by atoms with Crippen molar-refractivity contribution in [3.8, 4) is 23.0 Å². The normalized spacial score (nSPS) is 17.0. The number of nitrogens with zero attached hydrogens (tertiary/aromatic N) is 6. The zero-order chi connectivity index (χ0) is 44.9. The molecule has 342 valence electrons. The number of rotatable bonds is 16. The topological polar surface area (TPSA) is 75.7 Å². The highest BCUT2D eigenvalue weighted by molar-refractivity contribution is 6.31. The molecule has 6 aromatic rings. The van der Waals surface area contributed by atoms with Crippen LogP contribution < -0.4 is 29.0 Å². The molecule has 10 nitrogen and oxygen atoms in total. The van der Waals surface area contributed by atoms with Crippen molar-refractivity contribution in [2.75, 3.05) is 57.0 Å². The SMILES string of the molecule is COc1ccc(CN2CCC(N(c3ccnc4cc(Cl)ccc34)N(c3ccnc4cc(Cl)ccc34)C3CCN(Cc4ccc(OC)c(OC5CCCC5)c4)CC3)CC2)cc1OCC(C)C. The maximum atomic E-state index is 6.61. The lowest BCUT2D eigenvalue weighted by Crippen LogP contribution is -2.59. The summed E-state index contributed by atoms with van der Waals surface area (Å²) in [5.74, 6) is 3.66. The first-order chi connectivity index (χ1) is 31.7. The first-order valence-electron chi connectivity index (χ1n) is 23.5. The first-order valence-corrected chi connectivity index (χ1v) is 24.2. The summed E-state index contributed by atoms with van der Waals surface area (Å²) in [6, 6.07) is 29.8. The Kier molecular flexibility index (Phi) is 14.4. The predicted octanol–water partition coefficient (Wildman–Crippen LogP) is 12.0. The number of pyridine rings is 2. The van der Waals surface area contributed by atoms with E-state index in [2.05, 4.69) is 88.3 Å². The van der Waals surface area contributed by atoms with Crippen molar-refractivity contribution in [2.24, 2.45) is 5.92 Å². The fourth-order valence-electron chi connectivity index (χ4n) is 10.0. The summed E-state index contributed by atoms with van der Waals surface area (Å²) in [7, 11) is 3.43. The van der Waals surface area contributed by atoms with Crippen LogP contribution in [0.1, 0.15) is 76.3 Å². The Morgan fingerprint density at radius 1 is 0.585 bits per heavy atom. The molecular weight excluding hydrogens is 856 g/mol. The number of hydrogen-bond donors (Lipinski definition) is 0. The molecule has 1 saturated carbocycles. The van der Waals surface area contributed by atoms with Gasteiger partial charge in [0.05, 0.1) is 61.4 Å². The monoisotopic (exact) mass is 916 g/mol. The second-order valence-corrected chi connectivity index (χ2v) is 19.3. The Morgan fingerprint density at radius 2 is 1.06 bits per heavy atom. The fraction of sp³-hybridized carbons (Fsp3) is 0.434. The Balaban J connectivity index is 1.03. The second kappa shape index (κ2) is 20.7. The zero-order valence-corrected chi connectivity index (χ0v) is 39.7. The highest BCUT2D eigenvalue weighted by Gasteiger charge is 2.37. The van der Waals surface area contributed by atoms with Gasteiger partial charge in [0.25, 0.3) is 0 Å². The highest BCUT2D eigenvalue weighted by atomic mass is 35.5. The van der Waals surface area contributed by atoms with E-state index in [0.717, 1.165) is 134 Å². The lowest BCUT2D eigenvalue weighted by molar-refractivity contribution is 0.183. The zero-order valence-electron chi connectivity index (χ0n) is 38.2. The Bertz CT molecular complexity index is 2550. The number of benzene rings is 4. The number of hydrogen-bond acceptors (Lipinski definition) is 10. The maximum Gasteiger partial charge on any atom is 0.161 e. The molecule has 0 bridgehead atoms. The van der Waals surface area contributed by atoms with Gasteiger partial charge in [0, 0.05) is 72.5 Å². The molecule has 0 spiro atoms. The van der Waals surface area contributed by atoms with Gasteiger partial charge in [-0.15, -0.1) is 0 Å². The van der Waals surface area contributed by atoms with Crippen LogP contribution in [0.25, 0.3) is 21.8 Å². The number of likely N-dealkylation sites (tertiary alicyclic amines) is 2. The van der Waals surface area contributed by atoms with Gasteiger partial charge in [0.1, 0.15) is 0 Å². The smallest absolute Gasteiger partial charge is 0.161 e. The molecule has 2 saturated heterocycles. The van der Waals surface area contributed by atoms with E-state index in [-0.39, 0.29) is 18.2 Å². The summed E-state index contributed by atoms with van der Waals surface area (Å²) < 4.78 is 24.1. The van der Waals surface area contributed by atoms with Crippen LogP contribution in [0.5, 0.6) is 23.0 Å². The van der Waals surface area contributed by atoms with Crippen LogP contribution >= 0.6 is 23.2 Å². The van der Waals surface area contributed by atoms with Crippen LogP contribution in [0.4, 0.5) is 11.4 Å². The summed E-state index contributed by atoms with van der Waals surface area (Å²) in [6.07, 6.45) is 12.7. The van der Waals surface area contributed by atoms with Gasteiger partial charge in [0.2, 0.25) is 0 Å². The number of methoxy groups -OCH3 is 2. The first kappa shape index (κ1) is 45.2. The quantitative estimate of drug-likeness (QED) is 0.0876. The molecule has 0 atom stereocenters. The second-order valence-electron chi connectivity index (χ2n) is 18.4. The van der Waals surface area contributed by atoms with Crippen LogP contribution in [0, 0.1) is 5.92 Å². The molecule has 3 aliphatic rings. The van der Waals surface area contributed by atoms with Crippen molar-refractivity contribution >= 4 is 56.4 Å². The van der Waals surface area contributed by atoms with Crippen molar-refractivity contribution in [3.63, 3.8) is 0 Å². The molecule has 2 aliphatic heterocycles. The Hall–Kier alpha value is -5.00. The lowest BCUT2D eigenvalue weighted by Gasteiger charge is -2.51.